The second kappa shape index (κ2) is 11.0. The predicted octanol–water partition coefficient (Wildman–Crippen LogP) is 4.00. The maximum Gasteiger partial charge on any atom is 0.193 e. The summed E-state index contributed by atoms with van der Waals surface area (Å²) in [6.45, 7) is 3.57. The lowest BCUT2D eigenvalue weighted by Gasteiger charge is -2.59. The maximum atomic E-state index is 13.8. The van der Waals surface area contributed by atoms with Crippen LogP contribution in [0.3, 0.4) is 0 Å². The van der Waals surface area contributed by atoms with Crippen molar-refractivity contribution in [3.63, 3.8) is 0 Å². The highest BCUT2D eigenvalue weighted by atomic mass is 16.7. The Morgan fingerprint density at radius 1 is 1.09 bits per heavy atom. The van der Waals surface area contributed by atoms with Crippen molar-refractivity contribution >= 4 is 17.3 Å². The molecule has 2 aromatic carbocycles. The average molecular weight is 614 g/mol. The van der Waals surface area contributed by atoms with Crippen LogP contribution < -0.4 is 5.73 Å². The van der Waals surface area contributed by atoms with Crippen LogP contribution in [-0.2, 0) is 31.9 Å². The Hall–Kier alpha value is -3.14. The number of Topliss-reactive ketones (excluding diaryl/α,β-unsaturated/α-hetero) is 1. The van der Waals surface area contributed by atoms with Crippen LogP contribution in [0.15, 0.2) is 66.3 Å². The molecule has 8 heteroatoms. The zero-order chi connectivity index (χ0) is 31.7. The Balaban J connectivity index is 1.14. The smallest absolute Gasteiger partial charge is 0.193 e. The van der Waals surface area contributed by atoms with Gasteiger partial charge in [-0.15, -0.1) is 0 Å². The number of hydrogen-bond acceptors (Lipinski definition) is 8. The number of aliphatic hydroxyl groups is 3. The highest BCUT2D eigenvalue weighted by Crippen LogP contribution is 2.70. The molecule has 4 aliphatic carbocycles. The first kappa shape index (κ1) is 30.5. The molecule has 7 rings (SSSR count). The predicted molar refractivity (Wildman–Crippen MR) is 168 cm³/mol. The molecule has 238 valence electrons. The highest BCUT2D eigenvalue weighted by molar-refractivity contribution is 6.01. The molecule has 0 radical (unpaired) electrons. The maximum absolute atomic E-state index is 13.8. The van der Waals surface area contributed by atoms with Gasteiger partial charge >= 0.3 is 0 Å². The van der Waals surface area contributed by atoms with E-state index in [9.17, 15) is 24.9 Å². The van der Waals surface area contributed by atoms with Gasteiger partial charge in [0.25, 0.3) is 0 Å². The minimum Gasteiger partial charge on any atom is -0.398 e. The Labute approximate surface area is 263 Å². The number of benzene rings is 2. The van der Waals surface area contributed by atoms with Crippen LogP contribution in [0.5, 0.6) is 0 Å². The highest BCUT2D eigenvalue weighted by Gasteiger charge is 2.75. The van der Waals surface area contributed by atoms with Gasteiger partial charge < -0.3 is 30.5 Å². The van der Waals surface area contributed by atoms with E-state index in [1.165, 1.54) is 0 Å². The van der Waals surface area contributed by atoms with Crippen molar-refractivity contribution in [2.45, 2.75) is 76.5 Å². The van der Waals surface area contributed by atoms with Crippen molar-refractivity contribution in [2.75, 3.05) is 18.9 Å². The number of nitrogens with two attached hydrogens (primary N) is 1. The van der Waals surface area contributed by atoms with E-state index < -0.39 is 47.3 Å². The van der Waals surface area contributed by atoms with Gasteiger partial charge in [-0.05, 0) is 85.3 Å². The van der Waals surface area contributed by atoms with Crippen molar-refractivity contribution in [2.24, 2.45) is 28.6 Å². The number of allylic oxidation sites excluding steroid dienone is 4. The van der Waals surface area contributed by atoms with E-state index in [-0.39, 0.29) is 30.1 Å². The first-order chi connectivity index (χ1) is 21.5. The van der Waals surface area contributed by atoms with E-state index in [2.05, 4.69) is 6.92 Å². The summed E-state index contributed by atoms with van der Waals surface area (Å²) in [7, 11) is 0. The summed E-state index contributed by atoms with van der Waals surface area (Å²) in [6, 6.07) is 13.9. The van der Waals surface area contributed by atoms with Crippen LogP contribution in [0.4, 0.5) is 5.69 Å². The topological polar surface area (TPSA) is 139 Å². The quantitative estimate of drug-likeness (QED) is 0.344. The van der Waals surface area contributed by atoms with Crippen molar-refractivity contribution in [3.05, 3.63) is 88.5 Å². The standard InChI is InChI=1S/C37H43NO7/c1-35-13-11-26(41)17-25(35)9-10-27-28-18-32-37(31(43)20-40,36(28,2)19-30(42)33(27)35)45-34(44-32)24-7-3-21(4-8-24)15-22-5-6-23(12-14-39)29(38)16-22/h3-8,11,13,16-17,27-28,30,32-34,39-40,42H,9-10,12,14-15,18-20,38H2,1-2H3/t27-,28-,30-,32+,33+,34+,35-,36-,37+/m0/s1. The van der Waals surface area contributed by atoms with Crippen LogP contribution in [0.1, 0.15) is 68.1 Å². The molecule has 0 spiro atoms. The third-order valence-electron chi connectivity index (χ3n) is 12.0. The summed E-state index contributed by atoms with van der Waals surface area (Å²) in [5.41, 5.74) is 9.29. The molecule has 45 heavy (non-hydrogen) atoms. The molecule has 2 aromatic rings. The SMILES string of the molecule is C[C@]12C=CC(=O)C=C1CC[C@@H]1[C@@H]2[C@@H](O)C[C@@]2(C)[C@H]1C[C@H]1O[C@@H](c3ccc(Cc4ccc(CCO)c(N)c4)cc3)O[C@]12C(=O)CO. The molecule has 9 atom stereocenters. The van der Waals surface area contributed by atoms with E-state index in [1.807, 2.05) is 55.5 Å². The summed E-state index contributed by atoms with van der Waals surface area (Å²) in [6.07, 6.45) is 7.08. The van der Waals surface area contributed by atoms with Crippen LogP contribution in [0.2, 0.25) is 0 Å². The summed E-state index contributed by atoms with van der Waals surface area (Å²) in [5.74, 6) is -0.308. The first-order valence-corrected chi connectivity index (χ1v) is 16.2. The molecule has 1 saturated heterocycles. The number of carbonyl (C=O) groups is 2. The van der Waals surface area contributed by atoms with Crippen molar-refractivity contribution < 1.29 is 34.4 Å². The number of nitrogen functional groups attached to an aromatic ring is 1. The molecule has 4 fully saturated rings. The monoisotopic (exact) mass is 613 g/mol. The molecule has 0 amide bonds. The van der Waals surface area contributed by atoms with Gasteiger partial charge in [0.15, 0.2) is 23.5 Å². The lowest BCUT2D eigenvalue weighted by atomic mass is 9.46. The number of hydrogen-bond donors (Lipinski definition) is 4. The van der Waals surface area contributed by atoms with Gasteiger partial charge in [-0.2, -0.15) is 0 Å². The zero-order valence-corrected chi connectivity index (χ0v) is 25.9. The second-order valence-electron chi connectivity index (χ2n) is 14.3. The van der Waals surface area contributed by atoms with Gasteiger partial charge in [-0.1, -0.05) is 61.9 Å². The Morgan fingerprint density at radius 2 is 1.84 bits per heavy atom. The molecule has 5 aliphatic rings. The number of ether oxygens (including phenoxy) is 2. The van der Waals surface area contributed by atoms with Gasteiger partial charge in [0.1, 0.15) is 6.61 Å². The van der Waals surface area contributed by atoms with Gasteiger partial charge in [0.05, 0.1) is 12.2 Å². The van der Waals surface area contributed by atoms with Crippen LogP contribution in [0, 0.1) is 28.6 Å². The Bertz CT molecular complexity index is 1580. The molecule has 1 aliphatic heterocycles. The fourth-order valence-electron chi connectivity index (χ4n) is 9.97. The summed E-state index contributed by atoms with van der Waals surface area (Å²) < 4.78 is 13.3. The molecule has 3 saturated carbocycles. The molecular weight excluding hydrogens is 570 g/mol. The fraction of sp³-hybridized carbons (Fsp3) is 0.514. The summed E-state index contributed by atoms with van der Waals surface area (Å²) >= 11 is 0. The third kappa shape index (κ3) is 4.52. The molecule has 0 aromatic heterocycles. The van der Waals surface area contributed by atoms with Gasteiger partial charge in [-0.3, -0.25) is 9.59 Å². The summed E-state index contributed by atoms with van der Waals surface area (Å²) in [4.78, 5) is 26.0. The van der Waals surface area contributed by atoms with Gasteiger partial charge in [0.2, 0.25) is 0 Å². The Kier molecular flexibility index (Phi) is 7.45. The summed E-state index contributed by atoms with van der Waals surface area (Å²) in [5, 5.41) is 31.3. The number of fused-ring (bicyclic) bond motifs is 7. The molecule has 1 heterocycles. The van der Waals surface area contributed by atoms with Crippen molar-refractivity contribution in [1.29, 1.82) is 0 Å². The molecule has 8 nitrogen and oxygen atoms in total. The van der Waals surface area contributed by atoms with E-state index in [1.54, 1.807) is 12.2 Å². The molecule has 5 N–H and O–H groups in total. The number of rotatable bonds is 7. The van der Waals surface area contributed by atoms with E-state index in [0.717, 1.165) is 40.7 Å². The minimum atomic E-state index is -1.37. The largest absolute Gasteiger partial charge is 0.398 e. The second-order valence-corrected chi connectivity index (χ2v) is 14.3. The van der Waals surface area contributed by atoms with E-state index in [0.29, 0.717) is 31.4 Å². The number of anilines is 1. The third-order valence-corrected chi connectivity index (χ3v) is 12.0. The lowest BCUT2D eigenvalue weighted by molar-refractivity contribution is -0.201. The number of ketones is 2. The van der Waals surface area contributed by atoms with Gasteiger partial charge in [0, 0.05) is 34.6 Å². The molecule has 0 bridgehead atoms. The van der Waals surface area contributed by atoms with Crippen LogP contribution in [0.25, 0.3) is 0 Å². The minimum absolute atomic E-state index is 0.00238. The van der Waals surface area contributed by atoms with E-state index >= 15 is 0 Å². The average Bonchev–Trinajstić information content (AvgIpc) is 3.52. The van der Waals surface area contributed by atoms with Gasteiger partial charge in [-0.25, -0.2) is 0 Å². The van der Waals surface area contributed by atoms with Crippen LogP contribution >= 0.6 is 0 Å². The fourth-order valence-corrected chi connectivity index (χ4v) is 9.97. The van der Waals surface area contributed by atoms with E-state index in [4.69, 9.17) is 15.2 Å². The normalized spacial score (nSPS) is 38.2. The molecule has 0 unspecified atom stereocenters. The zero-order valence-electron chi connectivity index (χ0n) is 25.9. The Morgan fingerprint density at radius 3 is 2.56 bits per heavy atom. The van der Waals surface area contributed by atoms with Crippen molar-refractivity contribution in [1.82, 2.24) is 0 Å². The first-order valence-electron chi connectivity index (χ1n) is 16.2. The lowest BCUT2D eigenvalue weighted by Crippen LogP contribution is -2.63. The van der Waals surface area contributed by atoms with Crippen molar-refractivity contribution in [3.8, 4) is 0 Å². The number of carbonyl (C=O) groups excluding carboxylic acids is 2. The number of aliphatic hydroxyl groups excluding tert-OH is 3. The molecular formula is C37H43NO7. The van der Waals surface area contributed by atoms with Crippen LogP contribution in [-0.4, -0.2) is 57.9 Å².